The molecule has 4 aromatic heterocycles. The first-order chi connectivity index (χ1) is 33.3. The average molecular weight is 958 g/mol. The van der Waals surface area contributed by atoms with Gasteiger partial charge in [0, 0.05) is 47.6 Å². The molecule has 2 unspecified atom stereocenters. The van der Waals surface area contributed by atoms with Gasteiger partial charge in [0.15, 0.2) is 22.5 Å². The Kier molecular flexibility index (Phi) is 15.1. The summed E-state index contributed by atoms with van der Waals surface area (Å²) in [6, 6.07) is 11.9. The number of aromatic nitrogens is 6. The average Bonchev–Trinajstić information content (AvgIpc) is 3.88. The van der Waals surface area contributed by atoms with E-state index in [1.807, 2.05) is 41.4 Å². The number of nitrogens with zero attached hydrogens (tertiary/aromatic N) is 8. The molecule has 1 aliphatic heterocycles. The lowest BCUT2D eigenvalue weighted by molar-refractivity contribution is -0.248. The summed E-state index contributed by atoms with van der Waals surface area (Å²) in [5.74, 6) is 0.874. The first-order valence-electron chi connectivity index (χ1n) is 26.6. The molecule has 0 spiro atoms. The molecule has 4 aliphatic carbocycles. The molecular formula is C56H79N9O3S. The number of likely N-dealkylation sites (N-methyl/N-ethyl adjacent to an activating group) is 1. The van der Waals surface area contributed by atoms with Crippen LogP contribution in [0.3, 0.4) is 0 Å². The predicted molar refractivity (Wildman–Crippen MR) is 280 cm³/mol. The van der Waals surface area contributed by atoms with E-state index in [1.54, 1.807) is 11.3 Å². The van der Waals surface area contributed by atoms with Crippen LogP contribution in [0.2, 0.25) is 0 Å². The molecule has 1 aromatic carbocycles. The number of para-hydroxylation sites is 1. The van der Waals surface area contributed by atoms with E-state index in [-0.39, 0.29) is 27.5 Å². The number of unbranched alkanes of at least 4 members (excludes halogenated alkanes) is 12. The Morgan fingerprint density at radius 2 is 1.52 bits per heavy atom. The van der Waals surface area contributed by atoms with Gasteiger partial charge in [0.1, 0.15) is 5.82 Å². The van der Waals surface area contributed by atoms with Crippen LogP contribution in [0.4, 0.5) is 22.6 Å². The number of rotatable bonds is 25. The second-order valence-electron chi connectivity index (χ2n) is 22.8. The topological polar surface area (TPSA) is 134 Å². The third-order valence-electron chi connectivity index (χ3n) is 16.3. The lowest BCUT2D eigenvalue weighted by Gasteiger charge is -2.69. The number of aromatic carboxylic acids is 1. The number of nitrogens with one attached hydrogen (secondary N) is 1. The minimum atomic E-state index is -1.06. The van der Waals surface area contributed by atoms with E-state index >= 15 is 0 Å². The van der Waals surface area contributed by atoms with Crippen LogP contribution in [-0.2, 0) is 17.7 Å². The smallest absolute Gasteiger partial charge is 0.355 e. The number of pyridine rings is 1. The molecule has 5 aliphatic rings. The van der Waals surface area contributed by atoms with E-state index < -0.39 is 5.97 Å². The summed E-state index contributed by atoms with van der Waals surface area (Å²) in [5, 5.41) is 29.2. The summed E-state index contributed by atoms with van der Waals surface area (Å²) in [7, 11) is 2.27. The first-order valence-corrected chi connectivity index (χ1v) is 27.5. The summed E-state index contributed by atoms with van der Waals surface area (Å²) in [6.45, 7) is 15.8. The van der Waals surface area contributed by atoms with Gasteiger partial charge in [-0.1, -0.05) is 121 Å². The van der Waals surface area contributed by atoms with Gasteiger partial charge in [0.2, 0.25) is 0 Å². The van der Waals surface area contributed by atoms with E-state index in [4.69, 9.17) is 24.9 Å². The zero-order valence-corrected chi connectivity index (χ0v) is 43.5. The van der Waals surface area contributed by atoms with Crippen molar-refractivity contribution in [3.8, 4) is 11.1 Å². The number of hydrogen-bond acceptors (Lipinski definition) is 11. The molecule has 4 fully saturated rings. The molecule has 4 bridgehead atoms. The number of benzene rings is 1. The molecule has 10 rings (SSSR count). The van der Waals surface area contributed by atoms with Crippen molar-refractivity contribution in [3.63, 3.8) is 0 Å². The Balaban J connectivity index is 0.819. The SMILES string of the molecule is CCCCCCCCCCCCCCCN(C)CCOC12CC3(C)CC(C)(CC(Cn4ncc(-c5ccc(N6CCCc7c6nnc(Nc6nc8ccccc8s6)c7C)nc5C(=O)O)c4C)(C3)C1)C2. The Labute approximate surface area is 415 Å². The monoisotopic (exact) mass is 958 g/mol. The third kappa shape index (κ3) is 11.2. The number of fused-ring (bicyclic) bond motifs is 2. The normalized spacial score (nSPS) is 23.9. The van der Waals surface area contributed by atoms with Crippen molar-refractivity contribution >= 4 is 50.1 Å². The van der Waals surface area contributed by atoms with Crippen molar-refractivity contribution < 1.29 is 14.6 Å². The highest BCUT2D eigenvalue weighted by Gasteiger charge is 2.66. The van der Waals surface area contributed by atoms with Gasteiger partial charge in [-0.15, -0.1) is 10.2 Å². The van der Waals surface area contributed by atoms with E-state index in [0.29, 0.717) is 29.6 Å². The van der Waals surface area contributed by atoms with E-state index in [0.717, 1.165) is 96.1 Å². The molecule has 372 valence electrons. The molecule has 5 aromatic rings. The van der Waals surface area contributed by atoms with Crippen molar-refractivity contribution in [2.75, 3.05) is 43.5 Å². The molecule has 0 amide bonds. The fourth-order valence-corrected chi connectivity index (χ4v) is 15.1. The number of hydrogen-bond donors (Lipinski definition) is 2. The number of carbonyl (C=O) groups is 1. The summed E-state index contributed by atoms with van der Waals surface area (Å²) >= 11 is 1.59. The van der Waals surface area contributed by atoms with Gasteiger partial charge in [-0.3, -0.25) is 4.68 Å². The highest BCUT2D eigenvalue weighted by Crippen LogP contribution is 2.72. The van der Waals surface area contributed by atoms with Crippen molar-refractivity contribution in [1.29, 1.82) is 0 Å². The molecule has 2 N–H and O–H groups in total. The second kappa shape index (κ2) is 21.1. The highest BCUT2D eigenvalue weighted by atomic mass is 32.1. The Morgan fingerprint density at radius 1 is 0.826 bits per heavy atom. The summed E-state index contributed by atoms with van der Waals surface area (Å²) in [4.78, 5) is 27.1. The summed E-state index contributed by atoms with van der Waals surface area (Å²) in [5.41, 5.74) is 5.82. The van der Waals surface area contributed by atoms with E-state index in [1.165, 1.54) is 103 Å². The van der Waals surface area contributed by atoms with Crippen LogP contribution in [-0.4, -0.2) is 84.8 Å². The number of ether oxygens (including phenoxy) is 1. The maximum absolute atomic E-state index is 13.1. The van der Waals surface area contributed by atoms with Crippen molar-refractivity contribution in [2.24, 2.45) is 16.2 Å². The van der Waals surface area contributed by atoms with Crippen molar-refractivity contribution in [3.05, 3.63) is 65.1 Å². The summed E-state index contributed by atoms with van der Waals surface area (Å²) in [6.07, 6.45) is 28.5. The van der Waals surface area contributed by atoms with Gasteiger partial charge >= 0.3 is 5.97 Å². The van der Waals surface area contributed by atoms with Crippen LogP contribution in [0, 0.1) is 30.1 Å². The maximum Gasteiger partial charge on any atom is 0.355 e. The zero-order valence-electron chi connectivity index (χ0n) is 42.7. The van der Waals surface area contributed by atoms with Gasteiger partial charge in [-0.2, -0.15) is 5.10 Å². The fourth-order valence-electron chi connectivity index (χ4n) is 14.2. The van der Waals surface area contributed by atoms with Gasteiger partial charge in [-0.25, -0.2) is 14.8 Å². The third-order valence-corrected chi connectivity index (χ3v) is 17.3. The number of thiazole rings is 1. The van der Waals surface area contributed by atoms with E-state index in [2.05, 4.69) is 67.7 Å². The van der Waals surface area contributed by atoms with Crippen LogP contribution in [0.25, 0.3) is 21.3 Å². The van der Waals surface area contributed by atoms with Crippen molar-refractivity contribution in [2.45, 2.75) is 182 Å². The lowest BCUT2D eigenvalue weighted by Crippen LogP contribution is -2.64. The molecular weight excluding hydrogens is 879 g/mol. The van der Waals surface area contributed by atoms with Crippen molar-refractivity contribution in [1.82, 2.24) is 34.8 Å². The highest BCUT2D eigenvalue weighted by molar-refractivity contribution is 7.22. The largest absolute Gasteiger partial charge is 0.476 e. The molecule has 0 saturated heterocycles. The van der Waals surface area contributed by atoms with Crippen LogP contribution >= 0.6 is 11.3 Å². The first kappa shape index (κ1) is 49.5. The minimum absolute atomic E-state index is 0.0160. The summed E-state index contributed by atoms with van der Waals surface area (Å²) < 4.78 is 10.4. The Hall–Kier alpha value is -4.46. The quantitative estimate of drug-likeness (QED) is 0.0541. The number of anilines is 4. The molecule has 12 nitrogen and oxygen atoms in total. The number of carboxylic acid groups (broad SMARTS) is 1. The number of carboxylic acids is 1. The Morgan fingerprint density at radius 3 is 2.22 bits per heavy atom. The molecule has 4 saturated carbocycles. The van der Waals surface area contributed by atoms with Crippen LogP contribution < -0.4 is 10.2 Å². The van der Waals surface area contributed by atoms with Gasteiger partial charge in [-0.05, 0) is 126 Å². The van der Waals surface area contributed by atoms with Crippen LogP contribution in [0.15, 0.2) is 42.6 Å². The van der Waals surface area contributed by atoms with Crippen LogP contribution in [0.1, 0.15) is 176 Å². The van der Waals surface area contributed by atoms with Gasteiger partial charge in [0.05, 0.1) is 28.6 Å². The molecule has 69 heavy (non-hydrogen) atoms. The lowest BCUT2D eigenvalue weighted by atomic mass is 9.39. The fraction of sp³-hybridized carbons (Fsp3) is 0.643. The molecule has 2 atom stereocenters. The van der Waals surface area contributed by atoms with Crippen LogP contribution in [0.5, 0.6) is 0 Å². The Bertz CT molecular complexity index is 2520. The van der Waals surface area contributed by atoms with E-state index in [9.17, 15) is 9.90 Å². The molecule has 13 heteroatoms. The maximum atomic E-state index is 13.1. The molecule has 0 radical (unpaired) electrons. The second-order valence-corrected chi connectivity index (χ2v) is 23.8. The van der Waals surface area contributed by atoms with Gasteiger partial charge < -0.3 is 25.0 Å². The zero-order chi connectivity index (χ0) is 48.2. The minimum Gasteiger partial charge on any atom is -0.476 e. The van der Waals surface area contributed by atoms with Gasteiger partial charge in [0.25, 0.3) is 0 Å². The molecule has 5 heterocycles. The standard InChI is InChI=1S/C56H79N9O3S/c1-7-8-9-10-11-12-13-14-15-16-17-18-21-28-63(6)30-31-68-56-36-53(4)33-54(5,37-56)35-55(34-53,38-56)39-65-41(3)44(32-57-65)43-26-27-47(59-48(43)51(66)67)64-29-22-23-42-40(2)49(61-62-50(42)64)60-52-58-45-24-19-20-25-46(45)69-52/h19-20,24-27,32H,7-18,21-23,28-31,33-39H2,1-6H3,(H,66,67)(H,58,60,61). The predicted octanol–water partition coefficient (Wildman–Crippen LogP) is 13.6.